The number of nitrogens with one attached hydrogen (secondary N) is 1. The molecule has 108 valence electrons. The van der Waals surface area contributed by atoms with Gasteiger partial charge in [0.1, 0.15) is 0 Å². The van der Waals surface area contributed by atoms with Crippen molar-refractivity contribution < 1.29 is 0 Å². The van der Waals surface area contributed by atoms with E-state index >= 15 is 0 Å². The highest BCUT2D eigenvalue weighted by Gasteiger charge is 2.12. The maximum absolute atomic E-state index is 3.77. The van der Waals surface area contributed by atoms with Gasteiger partial charge in [-0.2, -0.15) is 11.8 Å². The predicted molar refractivity (Wildman–Crippen MR) is 89.1 cm³/mol. The van der Waals surface area contributed by atoms with Crippen LogP contribution >= 0.6 is 11.8 Å². The first kappa shape index (κ1) is 16.6. The van der Waals surface area contributed by atoms with Gasteiger partial charge in [0, 0.05) is 12.1 Å². The van der Waals surface area contributed by atoms with Crippen molar-refractivity contribution in [2.45, 2.75) is 59.0 Å². The van der Waals surface area contributed by atoms with Gasteiger partial charge in [0.15, 0.2) is 0 Å². The zero-order chi connectivity index (χ0) is 14.1. The summed E-state index contributed by atoms with van der Waals surface area (Å²) in [5.41, 5.74) is 2.85. The lowest BCUT2D eigenvalue weighted by molar-refractivity contribution is 0.439. The Bertz CT molecular complexity index is 334. The van der Waals surface area contributed by atoms with Crippen molar-refractivity contribution >= 4 is 11.8 Å². The molecule has 2 heteroatoms. The largest absolute Gasteiger partial charge is 0.307 e. The van der Waals surface area contributed by atoms with Crippen LogP contribution in [0.5, 0.6) is 0 Å². The van der Waals surface area contributed by atoms with E-state index in [9.17, 15) is 0 Å². The molecule has 0 saturated carbocycles. The second kappa shape index (κ2) is 9.44. The SMILES string of the molecule is CCSCCC(C)NC(CC)c1ccc(CC)cc1. The van der Waals surface area contributed by atoms with Crippen LogP contribution in [0.2, 0.25) is 0 Å². The van der Waals surface area contributed by atoms with Crippen molar-refractivity contribution in [3.8, 4) is 0 Å². The summed E-state index contributed by atoms with van der Waals surface area (Å²) in [6.45, 7) is 9.00. The molecule has 0 amide bonds. The standard InChI is InChI=1S/C17H29NS/c1-5-15-8-10-16(11-9-15)17(6-2)18-14(4)12-13-19-7-3/h8-11,14,17-18H,5-7,12-13H2,1-4H3. The highest BCUT2D eigenvalue weighted by atomic mass is 32.2. The lowest BCUT2D eigenvalue weighted by atomic mass is 10.0. The van der Waals surface area contributed by atoms with Crippen molar-refractivity contribution in [2.24, 2.45) is 0 Å². The zero-order valence-electron chi connectivity index (χ0n) is 12.9. The summed E-state index contributed by atoms with van der Waals surface area (Å²) in [4.78, 5) is 0. The smallest absolute Gasteiger partial charge is 0.0319 e. The maximum atomic E-state index is 3.77. The van der Waals surface area contributed by atoms with Crippen LogP contribution in [0.3, 0.4) is 0 Å². The summed E-state index contributed by atoms with van der Waals surface area (Å²) < 4.78 is 0. The Morgan fingerprint density at radius 1 is 1.11 bits per heavy atom. The summed E-state index contributed by atoms with van der Waals surface area (Å²) in [6.07, 6.45) is 3.52. The Labute approximate surface area is 123 Å². The van der Waals surface area contributed by atoms with Crippen LogP contribution in [0.4, 0.5) is 0 Å². The molecule has 0 spiro atoms. The molecule has 1 N–H and O–H groups in total. The normalized spacial score (nSPS) is 14.3. The number of hydrogen-bond acceptors (Lipinski definition) is 2. The predicted octanol–water partition coefficient (Wildman–Crippen LogP) is 4.82. The number of rotatable bonds is 9. The van der Waals surface area contributed by atoms with Gasteiger partial charge in [-0.15, -0.1) is 0 Å². The van der Waals surface area contributed by atoms with Gasteiger partial charge >= 0.3 is 0 Å². The molecule has 2 unspecified atom stereocenters. The van der Waals surface area contributed by atoms with Gasteiger partial charge in [-0.25, -0.2) is 0 Å². The first-order chi connectivity index (χ1) is 9.21. The van der Waals surface area contributed by atoms with Crippen LogP contribution in [0.15, 0.2) is 24.3 Å². The number of aryl methyl sites for hydroxylation is 1. The third kappa shape index (κ3) is 6.01. The molecule has 0 aliphatic heterocycles. The van der Waals surface area contributed by atoms with Gasteiger partial charge in [-0.1, -0.05) is 45.0 Å². The molecular formula is C17H29NS. The molecule has 1 aromatic rings. The molecule has 1 nitrogen and oxygen atoms in total. The Balaban J connectivity index is 2.51. The minimum atomic E-state index is 0.493. The lowest BCUT2D eigenvalue weighted by Gasteiger charge is -2.23. The number of hydrogen-bond donors (Lipinski definition) is 1. The number of thioether (sulfide) groups is 1. The second-order valence-corrected chi connectivity index (χ2v) is 6.50. The van der Waals surface area contributed by atoms with Crippen LogP contribution in [-0.4, -0.2) is 17.5 Å². The van der Waals surface area contributed by atoms with E-state index < -0.39 is 0 Å². The van der Waals surface area contributed by atoms with Crippen molar-refractivity contribution in [2.75, 3.05) is 11.5 Å². The Morgan fingerprint density at radius 2 is 1.79 bits per heavy atom. The summed E-state index contributed by atoms with van der Waals surface area (Å²) in [5, 5.41) is 3.77. The Morgan fingerprint density at radius 3 is 2.32 bits per heavy atom. The van der Waals surface area contributed by atoms with Gasteiger partial charge < -0.3 is 5.32 Å². The Kier molecular flexibility index (Phi) is 8.24. The molecule has 19 heavy (non-hydrogen) atoms. The van der Waals surface area contributed by atoms with E-state index in [1.807, 2.05) is 11.8 Å². The van der Waals surface area contributed by atoms with Crippen LogP contribution in [0.25, 0.3) is 0 Å². The molecule has 0 aliphatic rings. The third-order valence-corrected chi connectivity index (χ3v) is 4.52. The van der Waals surface area contributed by atoms with Gasteiger partial charge in [-0.05, 0) is 48.8 Å². The highest BCUT2D eigenvalue weighted by molar-refractivity contribution is 7.99. The quantitative estimate of drug-likeness (QED) is 0.650. The molecule has 1 aromatic carbocycles. The molecule has 0 saturated heterocycles. The van der Waals surface area contributed by atoms with Gasteiger partial charge in [0.2, 0.25) is 0 Å². The van der Waals surface area contributed by atoms with E-state index in [4.69, 9.17) is 0 Å². The second-order valence-electron chi connectivity index (χ2n) is 5.11. The van der Waals surface area contributed by atoms with Crippen molar-refractivity contribution in [1.82, 2.24) is 5.32 Å². The fourth-order valence-corrected chi connectivity index (χ4v) is 3.08. The fraction of sp³-hybridized carbons (Fsp3) is 0.647. The van der Waals surface area contributed by atoms with Crippen LogP contribution in [-0.2, 0) is 6.42 Å². The summed E-state index contributed by atoms with van der Waals surface area (Å²) >= 11 is 2.03. The van der Waals surface area contributed by atoms with E-state index in [1.54, 1.807) is 0 Å². The van der Waals surface area contributed by atoms with Crippen LogP contribution < -0.4 is 5.32 Å². The maximum Gasteiger partial charge on any atom is 0.0319 e. The monoisotopic (exact) mass is 279 g/mol. The minimum absolute atomic E-state index is 0.493. The minimum Gasteiger partial charge on any atom is -0.307 e. The highest BCUT2D eigenvalue weighted by Crippen LogP contribution is 2.19. The van der Waals surface area contributed by atoms with Crippen molar-refractivity contribution in [1.29, 1.82) is 0 Å². The molecule has 1 rings (SSSR count). The molecule has 0 bridgehead atoms. The van der Waals surface area contributed by atoms with Crippen LogP contribution in [0, 0.1) is 0 Å². The van der Waals surface area contributed by atoms with Gasteiger partial charge in [0.25, 0.3) is 0 Å². The average molecular weight is 279 g/mol. The van der Waals surface area contributed by atoms with Crippen molar-refractivity contribution in [3.63, 3.8) is 0 Å². The average Bonchev–Trinajstić information content (AvgIpc) is 2.45. The molecule has 0 aromatic heterocycles. The fourth-order valence-electron chi connectivity index (χ4n) is 2.27. The lowest BCUT2D eigenvalue weighted by Crippen LogP contribution is -2.30. The Hall–Kier alpha value is -0.470. The zero-order valence-corrected chi connectivity index (χ0v) is 13.7. The van der Waals surface area contributed by atoms with E-state index in [2.05, 4.69) is 57.3 Å². The van der Waals surface area contributed by atoms with E-state index in [0.717, 1.165) is 12.8 Å². The first-order valence-electron chi connectivity index (χ1n) is 7.63. The number of benzene rings is 1. The van der Waals surface area contributed by atoms with E-state index in [-0.39, 0.29) is 0 Å². The molecular weight excluding hydrogens is 250 g/mol. The van der Waals surface area contributed by atoms with Crippen molar-refractivity contribution in [3.05, 3.63) is 35.4 Å². The van der Waals surface area contributed by atoms with Gasteiger partial charge in [0.05, 0.1) is 0 Å². The molecule has 0 heterocycles. The topological polar surface area (TPSA) is 12.0 Å². The summed E-state index contributed by atoms with van der Waals surface area (Å²) in [5.74, 6) is 2.48. The van der Waals surface area contributed by atoms with Gasteiger partial charge in [-0.3, -0.25) is 0 Å². The first-order valence-corrected chi connectivity index (χ1v) is 8.79. The summed E-state index contributed by atoms with van der Waals surface area (Å²) in [7, 11) is 0. The summed E-state index contributed by atoms with van der Waals surface area (Å²) in [6, 6.07) is 10.2. The molecule has 2 atom stereocenters. The molecule has 0 fully saturated rings. The van der Waals surface area contributed by atoms with E-state index in [0.29, 0.717) is 12.1 Å². The third-order valence-electron chi connectivity index (χ3n) is 3.58. The molecule has 0 radical (unpaired) electrons. The van der Waals surface area contributed by atoms with Crippen LogP contribution in [0.1, 0.15) is 57.7 Å². The van der Waals surface area contributed by atoms with E-state index in [1.165, 1.54) is 29.1 Å². The molecule has 0 aliphatic carbocycles.